The number of carbonyl (C=O) groups is 1. The molecule has 23 heavy (non-hydrogen) atoms. The molecular weight excluding hydrogens is 288 g/mol. The maximum absolute atomic E-state index is 11.9. The van der Waals surface area contributed by atoms with E-state index < -0.39 is 0 Å². The van der Waals surface area contributed by atoms with Crippen LogP contribution in [0.25, 0.3) is 0 Å². The van der Waals surface area contributed by atoms with Crippen LogP contribution in [0.15, 0.2) is 36.7 Å². The maximum Gasteiger partial charge on any atom is 0.271 e. The predicted octanol–water partition coefficient (Wildman–Crippen LogP) is 3.87. The van der Waals surface area contributed by atoms with Crippen molar-refractivity contribution in [2.24, 2.45) is 0 Å². The molecule has 1 amide bonds. The molecule has 2 N–H and O–H groups in total. The molecule has 1 aromatic carbocycles. The number of hydrogen-bond acceptors (Lipinski definition) is 4. The number of amides is 1. The van der Waals surface area contributed by atoms with E-state index in [1.807, 2.05) is 18.2 Å². The molecule has 0 atom stereocenters. The number of benzene rings is 1. The first-order chi connectivity index (χ1) is 11.1. The van der Waals surface area contributed by atoms with Crippen LogP contribution in [0, 0.1) is 0 Å². The second-order valence-corrected chi connectivity index (χ2v) is 5.76. The Morgan fingerprint density at radius 3 is 2.61 bits per heavy atom. The van der Waals surface area contributed by atoms with E-state index in [0.29, 0.717) is 24.0 Å². The van der Waals surface area contributed by atoms with Crippen molar-refractivity contribution in [3.63, 3.8) is 0 Å². The highest BCUT2D eigenvalue weighted by atomic mass is 16.1. The van der Waals surface area contributed by atoms with Gasteiger partial charge >= 0.3 is 0 Å². The average Bonchev–Trinajstić information content (AvgIpc) is 2.56. The minimum atomic E-state index is -0.180. The summed E-state index contributed by atoms with van der Waals surface area (Å²) in [5.41, 5.74) is 2.57. The largest absolute Gasteiger partial charge is 0.351 e. The molecule has 2 rings (SSSR count). The number of rotatable bonds is 7. The first-order valence-corrected chi connectivity index (χ1v) is 8.08. The zero-order valence-electron chi connectivity index (χ0n) is 14.0. The van der Waals surface area contributed by atoms with Gasteiger partial charge in [-0.1, -0.05) is 45.4 Å². The lowest BCUT2D eigenvalue weighted by Gasteiger charge is -2.13. The van der Waals surface area contributed by atoms with Crippen LogP contribution in [-0.4, -0.2) is 22.4 Å². The van der Waals surface area contributed by atoms with Gasteiger partial charge in [-0.2, -0.15) is 0 Å². The van der Waals surface area contributed by atoms with Crippen LogP contribution in [0.3, 0.4) is 0 Å². The van der Waals surface area contributed by atoms with Crippen LogP contribution in [-0.2, 0) is 0 Å². The van der Waals surface area contributed by atoms with Crippen molar-refractivity contribution in [1.29, 1.82) is 0 Å². The van der Waals surface area contributed by atoms with Gasteiger partial charge in [0.05, 0.1) is 12.4 Å². The number of anilines is 2. The van der Waals surface area contributed by atoms with Crippen LogP contribution in [0.5, 0.6) is 0 Å². The Labute approximate surface area is 137 Å². The molecule has 0 saturated carbocycles. The van der Waals surface area contributed by atoms with E-state index in [1.54, 1.807) is 6.20 Å². The van der Waals surface area contributed by atoms with Gasteiger partial charge in [0, 0.05) is 12.2 Å². The summed E-state index contributed by atoms with van der Waals surface area (Å²) in [6, 6.07) is 8.12. The van der Waals surface area contributed by atoms with Crippen molar-refractivity contribution in [2.45, 2.75) is 39.5 Å². The van der Waals surface area contributed by atoms with E-state index in [2.05, 4.69) is 47.4 Å². The highest BCUT2D eigenvalue weighted by molar-refractivity contribution is 5.92. The molecular formula is C18H24N4O. The van der Waals surface area contributed by atoms with E-state index in [4.69, 9.17) is 0 Å². The Hall–Kier alpha value is -2.43. The summed E-state index contributed by atoms with van der Waals surface area (Å²) in [5, 5.41) is 6.10. The summed E-state index contributed by atoms with van der Waals surface area (Å²) in [6.07, 6.45) is 5.10. The molecule has 0 aliphatic rings. The minimum Gasteiger partial charge on any atom is -0.351 e. The molecule has 5 nitrogen and oxygen atoms in total. The maximum atomic E-state index is 11.9. The van der Waals surface area contributed by atoms with Crippen molar-refractivity contribution in [3.05, 3.63) is 47.9 Å². The van der Waals surface area contributed by atoms with E-state index >= 15 is 0 Å². The second kappa shape index (κ2) is 8.27. The molecule has 1 aromatic heterocycles. The summed E-state index contributed by atoms with van der Waals surface area (Å²) in [6.45, 7) is 7.05. The van der Waals surface area contributed by atoms with Crippen molar-refractivity contribution >= 4 is 17.4 Å². The summed E-state index contributed by atoms with van der Waals surface area (Å²) in [7, 11) is 0. The lowest BCUT2D eigenvalue weighted by Crippen LogP contribution is -2.25. The smallest absolute Gasteiger partial charge is 0.271 e. The number of carbonyl (C=O) groups excluding carboxylic acids is 1. The van der Waals surface area contributed by atoms with E-state index in [1.165, 1.54) is 11.8 Å². The zero-order chi connectivity index (χ0) is 16.7. The molecule has 0 radical (unpaired) electrons. The van der Waals surface area contributed by atoms with Gasteiger partial charge < -0.3 is 10.6 Å². The number of nitrogens with zero attached hydrogens (tertiary/aromatic N) is 2. The van der Waals surface area contributed by atoms with Crippen LogP contribution in [0.1, 0.15) is 55.6 Å². The fraction of sp³-hybridized carbons (Fsp3) is 0.389. The van der Waals surface area contributed by atoms with Gasteiger partial charge in [-0.15, -0.1) is 0 Å². The van der Waals surface area contributed by atoms with E-state index in [-0.39, 0.29) is 5.91 Å². The predicted molar refractivity (Wildman–Crippen MR) is 93.1 cm³/mol. The van der Waals surface area contributed by atoms with Gasteiger partial charge in [-0.3, -0.25) is 4.79 Å². The second-order valence-electron chi connectivity index (χ2n) is 5.76. The van der Waals surface area contributed by atoms with E-state index in [9.17, 15) is 4.79 Å². The number of unbranched alkanes of at least 4 members (excludes halogenated alkanes) is 1. The molecule has 0 saturated heterocycles. The molecule has 2 aromatic rings. The lowest BCUT2D eigenvalue weighted by atomic mass is 10.0. The average molecular weight is 312 g/mol. The molecule has 1 heterocycles. The standard InChI is InChI=1S/C18H24N4O/c1-4-5-10-19-18(23)16-11-21-17(12-20-16)22-15-9-7-6-8-14(15)13(2)3/h6-9,11-13H,4-5,10H2,1-3H3,(H,19,23)(H,21,22). The Kier molecular flexibility index (Phi) is 6.09. The van der Waals surface area contributed by atoms with Gasteiger partial charge in [0.1, 0.15) is 11.5 Å². The first-order valence-electron chi connectivity index (χ1n) is 8.08. The highest BCUT2D eigenvalue weighted by Crippen LogP contribution is 2.25. The van der Waals surface area contributed by atoms with E-state index in [0.717, 1.165) is 18.5 Å². The van der Waals surface area contributed by atoms with Gasteiger partial charge in [0.2, 0.25) is 0 Å². The molecule has 5 heteroatoms. The normalized spacial score (nSPS) is 10.6. The quantitative estimate of drug-likeness (QED) is 0.762. The third kappa shape index (κ3) is 4.77. The molecule has 0 bridgehead atoms. The third-order valence-electron chi connectivity index (χ3n) is 3.55. The van der Waals surface area contributed by atoms with Gasteiger partial charge in [-0.25, -0.2) is 9.97 Å². The van der Waals surface area contributed by atoms with Gasteiger partial charge in [0.15, 0.2) is 0 Å². The number of nitrogens with one attached hydrogen (secondary N) is 2. The number of hydrogen-bond donors (Lipinski definition) is 2. The minimum absolute atomic E-state index is 0.180. The fourth-order valence-corrected chi connectivity index (χ4v) is 2.23. The fourth-order valence-electron chi connectivity index (χ4n) is 2.23. The van der Waals surface area contributed by atoms with Crippen LogP contribution in [0.2, 0.25) is 0 Å². The van der Waals surface area contributed by atoms with Gasteiger partial charge in [-0.05, 0) is 24.0 Å². The van der Waals surface area contributed by atoms with Crippen LogP contribution < -0.4 is 10.6 Å². The lowest BCUT2D eigenvalue weighted by molar-refractivity contribution is 0.0948. The molecule has 0 aliphatic heterocycles. The molecule has 0 aliphatic carbocycles. The Morgan fingerprint density at radius 2 is 1.96 bits per heavy atom. The Balaban J connectivity index is 2.04. The topological polar surface area (TPSA) is 66.9 Å². The summed E-state index contributed by atoms with van der Waals surface area (Å²) >= 11 is 0. The molecule has 122 valence electrons. The molecule has 0 unspecified atom stereocenters. The summed E-state index contributed by atoms with van der Waals surface area (Å²) in [5.74, 6) is 0.860. The number of para-hydroxylation sites is 1. The Bertz CT molecular complexity index is 638. The molecule has 0 fully saturated rings. The third-order valence-corrected chi connectivity index (χ3v) is 3.55. The zero-order valence-corrected chi connectivity index (χ0v) is 14.0. The van der Waals surface area contributed by atoms with Crippen molar-refractivity contribution < 1.29 is 4.79 Å². The highest BCUT2D eigenvalue weighted by Gasteiger charge is 2.09. The first kappa shape index (κ1) is 16.9. The summed E-state index contributed by atoms with van der Waals surface area (Å²) in [4.78, 5) is 20.4. The molecule has 0 spiro atoms. The van der Waals surface area contributed by atoms with Crippen LogP contribution in [0.4, 0.5) is 11.5 Å². The Morgan fingerprint density at radius 1 is 1.17 bits per heavy atom. The SMILES string of the molecule is CCCCNC(=O)c1cnc(Nc2ccccc2C(C)C)cn1. The number of aromatic nitrogens is 2. The van der Waals surface area contributed by atoms with Crippen molar-refractivity contribution in [1.82, 2.24) is 15.3 Å². The van der Waals surface area contributed by atoms with Crippen molar-refractivity contribution in [2.75, 3.05) is 11.9 Å². The van der Waals surface area contributed by atoms with Gasteiger partial charge in [0.25, 0.3) is 5.91 Å². The van der Waals surface area contributed by atoms with Crippen LogP contribution >= 0.6 is 0 Å². The summed E-state index contributed by atoms with van der Waals surface area (Å²) < 4.78 is 0. The monoisotopic (exact) mass is 312 g/mol. The van der Waals surface area contributed by atoms with Crippen molar-refractivity contribution in [3.8, 4) is 0 Å².